The topological polar surface area (TPSA) is 104 Å². The van der Waals surface area contributed by atoms with E-state index in [4.69, 9.17) is 16.0 Å². The number of aryl methyl sites for hydroxylation is 1. The number of amides is 1. The number of aromatic nitrogens is 2. The number of halogens is 1. The SMILES string of the molecule is Cc1nc2cc(C(=O)N=Nc3c(O)[nH]c4cccc(Cl)c34)ccc2o1. The Morgan fingerprint density at radius 1 is 1.32 bits per heavy atom. The monoisotopic (exact) mass is 354 g/mol. The van der Waals surface area contributed by atoms with E-state index in [1.165, 1.54) is 0 Å². The lowest BCUT2D eigenvalue weighted by molar-refractivity contribution is 0.0995. The molecule has 0 fully saturated rings. The van der Waals surface area contributed by atoms with Gasteiger partial charge in [0, 0.05) is 17.9 Å². The number of azo groups is 1. The van der Waals surface area contributed by atoms with Crippen LogP contribution >= 0.6 is 11.6 Å². The number of H-pyrrole nitrogens is 1. The number of aromatic amines is 1. The van der Waals surface area contributed by atoms with Gasteiger partial charge in [-0.3, -0.25) is 4.79 Å². The fourth-order valence-corrected chi connectivity index (χ4v) is 2.86. The van der Waals surface area contributed by atoms with Crippen molar-refractivity contribution in [1.82, 2.24) is 9.97 Å². The third-order valence-electron chi connectivity index (χ3n) is 3.71. The minimum Gasteiger partial charge on any atom is -0.493 e. The van der Waals surface area contributed by atoms with E-state index < -0.39 is 5.91 Å². The molecule has 25 heavy (non-hydrogen) atoms. The van der Waals surface area contributed by atoms with E-state index in [0.717, 1.165) is 0 Å². The Kier molecular flexibility index (Phi) is 3.51. The molecule has 0 saturated heterocycles. The second kappa shape index (κ2) is 5.71. The Bertz CT molecular complexity index is 1160. The van der Waals surface area contributed by atoms with Crippen LogP contribution in [-0.4, -0.2) is 21.0 Å². The Labute approximate surface area is 146 Å². The van der Waals surface area contributed by atoms with E-state index in [0.29, 0.717) is 38.5 Å². The van der Waals surface area contributed by atoms with Crippen molar-refractivity contribution in [2.45, 2.75) is 6.92 Å². The first-order valence-corrected chi connectivity index (χ1v) is 7.73. The van der Waals surface area contributed by atoms with Gasteiger partial charge in [0.1, 0.15) is 5.52 Å². The average Bonchev–Trinajstić information content (AvgIpc) is 3.11. The quantitative estimate of drug-likeness (QED) is 0.499. The van der Waals surface area contributed by atoms with Crippen LogP contribution in [0.1, 0.15) is 16.2 Å². The Morgan fingerprint density at radius 2 is 2.16 bits per heavy atom. The van der Waals surface area contributed by atoms with Gasteiger partial charge in [0.2, 0.25) is 5.88 Å². The van der Waals surface area contributed by atoms with Crippen molar-refractivity contribution in [3.8, 4) is 5.88 Å². The first kappa shape index (κ1) is 15.3. The number of fused-ring (bicyclic) bond motifs is 2. The molecule has 2 aromatic carbocycles. The highest BCUT2D eigenvalue weighted by atomic mass is 35.5. The summed E-state index contributed by atoms with van der Waals surface area (Å²) in [5.74, 6) is -0.259. The van der Waals surface area contributed by atoms with E-state index in [9.17, 15) is 9.90 Å². The number of carbonyl (C=O) groups is 1. The van der Waals surface area contributed by atoms with E-state index in [1.54, 1.807) is 43.3 Å². The smallest absolute Gasteiger partial charge is 0.295 e. The van der Waals surface area contributed by atoms with Crippen molar-refractivity contribution in [3.05, 3.63) is 52.9 Å². The predicted molar refractivity (Wildman–Crippen MR) is 92.6 cm³/mol. The number of hydrogen-bond donors (Lipinski definition) is 2. The molecule has 0 aliphatic carbocycles. The normalized spacial score (nSPS) is 11.8. The molecule has 0 radical (unpaired) electrons. The molecule has 2 N–H and O–H groups in total. The van der Waals surface area contributed by atoms with Crippen molar-refractivity contribution in [2.75, 3.05) is 0 Å². The highest BCUT2D eigenvalue weighted by Gasteiger charge is 2.14. The van der Waals surface area contributed by atoms with Gasteiger partial charge < -0.3 is 14.5 Å². The zero-order valence-corrected chi connectivity index (χ0v) is 13.7. The van der Waals surface area contributed by atoms with Gasteiger partial charge in [-0.15, -0.1) is 10.2 Å². The largest absolute Gasteiger partial charge is 0.493 e. The summed E-state index contributed by atoms with van der Waals surface area (Å²) in [4.78, 5) is 19.2. The molecule has 2 aromatic heterocycles. The average molecular weight is 355 g/mol. The second-order valence-corrected chi connectivity index (χ2v) is 5.81. The summed E-state index contributed by atoms with van der Waals surface area (Å²) in [6.07, 6.45) is 0. The molecule has 0 spiro atoms. The fraction of sp³-hybridized carbons (Fsp3) is 0.0588. The fourth-order valence-electron chi connectivity index (χ4n) is 2.60. The molecule has 8 heteroatoms. The molecule has 4 rings (SSSR count). The van der Waals surface area contributed by atoms with Crippen LogP contribution in [0.15, 0.2) is 51.0 Å². The van der Waals surface area contributed by atoms with Crippen LogP contribution < -0.4 is 0 Å². The Hall–Kier alpha value is -3.19. The summed E-state index contributed by atoms with van der Waals surface area (Å²) in [5.41, 5.74) is 2.19. The summed E-state index contributed by atoms with van der Waals surface area (Å²) in [7, 11) is 0. The molecule has 0 saturated carbocycles. The number of hydrogen-bond acceptors (Lipinski definition) is 5. The van der Waals surface area contributed by atoms with Crippen LogP contribution in [0.5, 0.6) is 5.88 Å². The summed E-state index contributed by atoms with van der Waals surface area (Å²) < 4.78 is 5.37. The van der Waals surface area contributed by atoms with Crippen molar-refractivity contribution in [3.63, 3.8) is 0 Å². The highest BCUT2D eigenvalue weighted by molar-refractivity contribution is 6.36. The van der Waals surface area contributed by atoms with Gasteiger partial charge in [0.15, 0.2) is 17.2 Å². The van der Waals surface area contributed by atoms with Crippen LogP contribution in [0.4, 0.5) is 5.69 Å². The van der Waals surface area contributed by atoms with Gasteiger partial charge in [-0.05, 0) is 30.3 Å². The van der Waals surface area contributed by atoms with Gasteiger partial charge in [0.05, 0.1) is 10.5 Å². The molecular formula is C17H11ClN4O3. The molecule has 124 valence electrons. The maximum absolute atomic E-state index is 12.3. The lowest BCUT2D eigenvalue weighted by atomic mass is 10.2. The van der Waals surface area contributed by atoms with Gasteiger partial charge in [-0.1, -0.05) is 17.7 Å². The standard InChI is InChI=1S/C17H11ClN4O3/c1-8-19-12-7-9(5-6-13(12)25-8)16(23)22-21-15-14-10(18)3-2-4-11(14)20-17(15)24/h2-7,20,24H,1H3. The third-order valence-corrected chi connectivity index (χ3v) is 4.03. The van der Waals surface area contributed by atoms with Crippen molar-refractivity contribution in [1.29, 1.82) is 0 Å². The van der Waals surface area contributed by atoms with E-state index in [2.05, 4.69) is 20.2 Å². The van der Waals surface area contributed by atoms with Gasteiger partial charge in [-0.2, -0.15) is 0 Å². The van der Waals surface area contributed by atoms with Gasteiger partial charge >= 0.3 is 0 Å². The third kappa shape index (κ3) is 2.64. The number of nitrogens with one attached hydrogen (secondary N) is 1. The number of oxazole rings is 1. The number of aromatic hydroxyl groups is 1. The van der Waals surface area contributed by atoms with Crippen LogP contribution in [-0.2, 0) is 0 Å². The maximum atomic E-state index is 12.3. The predicted octanol–water partition coefficient (Wildman–Crippen LogP) is 4.90. The van der Waals surface area contributed by atoms with Crippen LogP contribution in [0.25, 0.3) is 22.0 Å². The first-order valence-electron chi connectivity index (χ1n) is 7.35. The van der Waals surface area contributed by atoms with Crippen molar-refractivity contribution >= 4 is 45.2 Å². The number of rotatable bonds is 2. The van der Waals surface area contributed by atoms with Gasteiger partial charge in [-0.25, -0.2) is 4.98 Å². The number of benzene rings is 2. The molecule has 4 aromatic rings. The zero-order chi connectivity index (χ0) is 17.6. The summed E-state index contributed by atoms with van der Waals surface area (Å²) in [6, 6.07) is 9.95. The summed E-state index contributed by atoms with van der Waals surface area (Å²) in [6.45, 7) is 1.73. The molecule has 2 heterocycles. The van der Waals surface area contributed by atoms with Crippen molar-refractivity contribution < 1.29 is 14.3 Å². The highest BCUT2D eigenvalue weighted by Crippen LogP contribution is 2.39. The Balaban J connectivity index is 1.71. The molecule has 1 amide bonds. The molecule has 0 aliphatic rings. The van der Waals surface area contributed by atoms with E-state index >= 15 is 0 Å². The minimum atomic E-state index is -0.566. The summed E-state index contributed by atoms with van der Waals surface area (Å²) >= 11 is 6.14. The lowest BCUT2D eigenvalue weighted by Crippen LogP contribution is -1.93. The van der Waals surface area contributed by atoms with E-state index in [1.807, 2.05) is 0 Å². The van der Waals surface area contributed by atoms with Crippen LogP contribution in [0.2, 0.25) is 5.02 Å². The van der Waals surface area contributed by atoms with Crippen LogP contribution in [0, 0.1) is 6.92 Å². The molecule has 0 bridgehead atoms. The van der Waals surface area contributed by atoms with Gasteiger partial charge in [0.25, 0.3) is 5.91 Å². The van der Waals surface area contributed by atoms with E-state index in [-0.39, 0.29) is 11.6 Å². The number of carbonyl (C=O) groups excluding carboxylic acids is 1. The molecule has 0 unspecified atom stereocenters. The molecule has 0 aliphatic heterocycles. The molecular weight excluding hydrogens is 344 g/mol. The summed E-state index contributed by atoms with van der Waals surface area (Å²) in [5, 5.41) is 18.5. The van der Waals surface area contributed by atoms with Crippen molar-refractivity contribution in [2.24, 2.45) is 10.2 Å². The lowest BCUT2D eigenvalue weighted by Gasteiger charge is -1.96. The molecule has 0 atom stereocenters. The first-order chi connectivity index (χ1) is 12.0. The zero-order valence-electron chi connectivity index (χ0n) is 12.9. The minimum absolute atomic E-state index is 0.118. The maximum Gasteiger partial charge on any atom is 0.295 e. The number of nitrogens with zero attached hydrogens (tertiary/aromatic N) is 3. The second-order valence-electron chi connectivity index (χ2n) is 5.41. The molecule has 7 nitrogen and oxygen atoms in total. The van der Waals surface area contributed by atoms with Crippen LogP contribution in [0.3, 0.4) is 0 Å². The Morgan fingerprint density at radius 3 is 3.00 bits per heavy atom.